The number of rotatable bonds is 4. The molecular weight excluding hydrogens is 256 g/mol. The molecule has 2 aromatic carbocycles. The highest BCUT2D eigenvalue weighted by molar-refractivity contribution is 5.32. The van der Waals surface area contributed by atoms with Gasteiger partial charge >= 0.3 is 0 Å². The zero-order chi connectivity index (χ0) is 14.7. The Morgan fingerprint density at radius 3 is 2.25 bits per heavy atom. The van der Waals surface area contributed by atoms with Crippen molar-refractivity contribution >= 4 is 0 Å². The van der Waals surface area contributed by atoms with E-state index in [1.165, 1.54) is 0 Å². The molecule has 0 saturated heterocycles. The Balaban J connectivity index is 2.40. The predicted octanol–water partition coefficient (Wildman–Crippen LogP) is 4.34. The van der Waals surface area contributed by atoms with Gasteiger partial charge < -0.3 is 5.32 Å². The lowest BCUT2D eigenvalue weighted by atomic mass is 9.88. The molecule has 0 amide bonds. The third-order valence-corrected chi connectivity index (χ3v) is 3.75. The fourth-order valence-corrected chi connectivity index (χ4v) is 2.54. The molecule has 0 radical (unpaired) electrons. The van der Waals surface area contributed by atoms with Crippen LogP contribution in [0.2, 0.25) is 0 Å². The van der Waals surface area contributed by atoms with Crippen molar-refractivity contribution in [2.45, 2.75) is 25.8 Å². The number of hydrogen-bond donors (Lipinski definition) is 1. The van der Waals surface area contributed by atoms with Crippen LogP contribution in [0.1, 0.15) is 35.6 Å². The third-order valence-electron chi connectivity index (χ3n) is 3.75. The predicted molar refractivity (Wildman–Crippen MR) is 77.8 cm³/mol. The van der Waals surface area contributed by atoms with Gasteiger partial charge in [0.25, 0.3) is 0 Å². The topological polar surface area (TPSA) is 12.0 Å². The number of nitrogens with one attached hydrogen (secondary N) is 1. The SMILES string of the molecule is CNC(c1cc(C)c(F)cc1F)C(C)c1ccccc1. The molecule has 2 aromatic rings. The van der Waals surface area contributed by atoms with Crippen LogP contribution in [-0.4, -0.2) is 7.05 Å². The summed E-state index contributed by atoms with van der Waals surface area (Å²) in [7, 11) is 1.79. The summed E-state index contributed by atoms with van der Waals surface area (Å²) >= 11 is 0. The fraction of sp³-hybridized carbons (Fsp3) is 0.294. The summed E-state index contributed by atoms with van der Waals surface area (Å²) in [4.78, 5) is 0. The van der Waals surface area contributed by atoms with Gasteiger partial charge in [-0.25, -0.2) is 8.78 Å². The smallest absolute Gasteiger partial charge is 0.130 e. The van der Waals surface area contributed by atoms with Crippen LogP contribution in [0.5, 0.6) is 0 Å². The first kappa shape index (κ1) is 14.7. The molecule has 2 atom stereocenters. The normalized spacial score (nSPS) is 14.1. The van der Waals surface area contributed by atoms with Crippen molar-refractivity contribution in [3.8, 4) is 0 Å². The Hall–Kier alpha value is -1.74. The van der Waals surface area contributed by atoms with Crippen LogP contribution < -0.4 is 5.32 Å². The number of likely N-dealkylation sites (N-methyl/N-ethyl adjacent to an activating group) is 1. The molecule has 2 rings (SSSR count). The molecule has 0 saturated carbocycles. The summed E-state index contributed by atoms with van der Waals surface area (Å²) in [6.45, 7) is 3.69. The second-order valence-corrected chi connectivity index (χ2v) is 5.09. The van der Waals surface area contributed by atoms with E-state index in [9.17, 15) is 8.78 Å². The molecule has 0 aliphatic heterocycles. The first-order valence-electron chi connectivity index (χ1n) is 6.72. The van der Waals surface area contributed by atoms with Crippen molar-refractivity contribution in [1.29, 1.82) is 0 Å². The van der Waals surface area contributed by atoms with Gasteiger partial charge in [-0.3, -0.25) is 0 Å². The Labute approximate surface area is 118 Å². The van der Waals surface area contributed by atoms with Crippen LogP contribution in [0.3, 0.4) is 0 Å². The maximum atomic E-state index is 14.1. The minimum atomic E-state index is -0.506. The summed E-state index contributed by atoms with van der Waals surface area (Å²) in [6, 6.07) is 12.3. The van der Waals surface area contributed by atoms with Crippen molar-refractivity contribution in [2.75, 3.05) is 7.05 Å². The van der Waals surface area contributed by atoms with E-state index in [0.29, 0.717) is 11.1 Å². The minimum absolute atomic E-state index is 0.0839. The molecule has 106 valence electrons. The van der Waals surface area contributed by atoms with Crippen molar-refractivity contribution in [1.82, 2.24) is 5.32 Å². The van der Waals surface area contributed by atoms with Crippen molar-refractivity contribution in [3.63, 3.8) is 0 Å². The Morgan fingerprint density at radius 1 is 1.00 bits per heavy atom. The number of benzene rings is 2. The maximum Gasteiger partial charge on any atom is 0.130 e. The van der Waals surface area contributed by atoms with Crippen molar-refractivity contribution in [3.05, 3.63) is 70.8 Å². The molecule has 20 heavy (non-hydrogen) atoms. The van der Waals surface area contributed by atoms with Gasteiger partial charge in [-0.05, 0) is 31.2 Å². The quantitative estimate of drug-likeness (QED) is 0.875. The standard InChI is InChI=1S/C17H19F2N/c1-11-9-14(16(19)10-15(11)18)17(20-3)12(2)13-7-5-4-6-8-13/h4-10,12,17,20H,1-3H3. The minimum Gasteiger partial charge on any atom is -0.312 e. The highest BCUT2D eigenvalue weighted by Gasteiger charge is 2.23. The van der Waals surface area contributed by atoms with Crippen LogP contribution in [0, 0.1) is 18.6 Å². The molecule has 0 spiro atoms. The average Bonchev–Trinajstić information content (AvgIpc) is 2.46. The van der Waals surface area contributed by atoms with Crippen molar-refractivity contribution < 1.29 is 8.78 Å². The van der Waals surface area contributed by atoms with Gasteiger partial charge in [-0.15, -0.1) is 0 Å². The van der Waals surface area contributed by atoms with E-state index in [1.807, 2.05) is 37.3 Å². The van der Waals surface area contributed by atoms with Gasteiger partial charge in [0.2, 0.25) is 0 Å². The van der Waals surface area contributed by atoms with Gasteiger partial charge in [0.15, 0.2) is 0 Å². The monoisotopic (exact) mass is 275 g/mol. The third kappa shape index (κ3) is 2.88. The van der Waals surface area contributed by atoms with Crippen LogP contribution in [-0.2, 0) is 0 Å². The van der Waals surface area contributed by atoms with Gasteiger partial charge in [0, 0.05) is 23.6 Å². The number of halogens is 2. The Kier molecular flexibility index (Phi) is 4.50. The van der Waals surface area contributed by atoms with E-state index in [2.05, 4.69) is 5.32 Å². The lowest BCUT2D eigenvalue weighted by Crippen LogP contribution is -2.23. The van der Waals surface area contributed by atoms with Crippen LogP contribution in [0.15, 0.2) is 42.5 Å². The van der Waals surface area contributed by atoms with E-state index in [0.717, 1.165) is 11.6 Å². The summed E-state index contributed by atoms with van der Waals surface area (Å²) in [6.07, 6.45) is 0. The molecule has 1 nitrogen and oxygen atoms in total. The molecule has 1 N–H and O–H groups in total. The summed E-state index contributed by atoms with van der Waals surface area (Å²) in [5.74, 6) is -0.927. The van der Waals surface area contributed by atoms with Crippen LogP contribution in [0.4, 0.5) is 8.78 Å². The Bertz CT molecular complexity index is 581. The van der Waals surface area contributed by atoms with Gasteiger partial charge in [-0.1, -0.05) is 37.3 Å². The van der Waals surface area contributed by atoms with E-state index in [4.69, 9.17) is 0 Å². The van der Waals surface area contributed by atoms with E-state index < -0.39 is 11.6 Å². The molecular formula is C17H19F2N. The summed E-state index contributed by atoms with van der Waals surface area (Å²) in [5.41, 5.74) is 2.08. The molecule has 0 fully saturated rings. The zero-order valence-electron chi connectivity index (χ0n) is 12.0. The maximum absolute atomic E-state index is 14.1. The fourth-order valence-electron chi connectivity index (χ4n) is 2.54. The number of hydrogen-bond acceptors (Lipinski definition) is 1. The highest BCUT2D eigenvalue weighted by Crippen LogP contribution is 2.32. The lowest BCUT2D eigenvalue weighted by Gasteiger charge is -2.25. The summed E-state index contributed by atoms with van der Waals surface area (Å²) < 4.78 is 27.5. The van der Waals surface area contributed by atoms with Gasteiger partial charge in [0.05, 0.1) is 0 Å². The average molecular weight is 275 g/mol. The van der Waals surface area contributed by atoms with Gasteiger partial charge in [0.1, 0.15) is 11.6 Å². The molecule has 0 heterocycles. The lowest BCUT2D eigenvalue weighted by molar-refractivity contribution is 0.472. The molecule has 0 bridgehead atoms. The first-order chi connectivity index (χ1) is 9.54. The molecule has 3 heteroatoms. The van der Waals surface area contributed by atoms with E-state index in [1.54, 1.807) is 20.0 Å². The second kappa shape index (κ2) is 6.14. The van der Waals surface area contributed by atoms with E-state index in [-0.39, 0.29) is 12.0 Å². The zero-order valence-corrected chi connectivity index (χ0v) is 12.0. The highest BCUT2D eigenvalue weighted by atomic mass is 19.1. The second-order valence-electron chi connectivity index (χ2n) is 5.09. The first-order valence-corrected chi connectivity index (χ1v) is 6.72. The molecule has 0 aliphatic carbocycles. The summed E-state index contributed by atoms with van der Waals surface area (Å²) in [5, 5.41) is 3.14. The van der Waals surface area contributed by atoms with Gasteiger partial charge in [-0.2, -0.15) is 0 Å². The Morgan fingerprint density at radius 2 is 1.65 bits per heavy atom. The molecule has 2 unspecified atom stereocenters. The van der Waals surface area contributed by atoms with E-state index >= 15 is 0 Å². The number of aryl methyl sites for hydroxylation is 1. The van der Waals surface area contributed by atoms with Crippen LogP contribution in [0.25, 0.3) is 0 Å². The molecule has 0 aliphatic rings. The largest absolute Gasteiger partial charge is 0.312 e. The van der Waals surface area contributed by atoms with Crippen molar-refractivity contribution in [2.24, 2.45) is 0 Å². The van der Waals surface area contributed by atoms with Crippen LogP contribution >= 0.6 is 0 Å². The molecule has 0 aromatic heterocycles.